The van der Waals surface area contributed by atoms with Crippen molar-refractivity contribution in [3.63, 3.8) is 0 Å². The van der Waals surface area contributed by atoms with E-state index in [0.717, 1.165) is 6.07 Å². The van der Waals surface area contributed by atoms with Gasteiger partial charge in [0.15, 0.2) is 0 Å². The molecule has 0 atom stereocenters. The third-order valence-corrected chi connectivity index (χ3v) is 1.40. The maximum atomic E-state index is 12.7. The summed E-state index contributed by atoms with van der Waals surface area (Å²) in [7, 11) is 4.84. The second-order valence-corrected chi connectivity index (χ2v) is 2.32. The highest BCUT2D eigenvalue weighted by molar-refractivity contribution is 6.32. The lowest BCUT2D eigenvalue weighted by Gasteiger charge is -2.10. The van der Waals surface area contributed by atoms with Crippen LogP contribution in [0.15, 0.2) is 12.1 Å². The lowest BCUT2D eigenvalue weighted by molar-refractivity contribution is -0.142. The summed E-state index contributed by atoms with van der Waals surface area (Å²) in [4.78, 5) is 0. The fourth-order valence-corrected chi connectivity index (χ4v) is 0.828. The molecule has 13 heavy (non-hydrogen) atoms. The molecule has 68 valence electrons. The van der Waals surface area contributed by atoms with Gasteiger partial charge in [-0.3, -0.25) is 0 Å². The van der Waals surface area contributed by atoms with Crippen LogP contribution in [0.5, 0.6) is 0 Å². The van der Waals surface area contributed by atoms with E-state index >= 15 is 0 Å². The minimum absolute atomic E-state index is 0.473. The van der Waals surface area contributed by atoms with Gasteiger partial charge in [0.1, 0.15) is 25.0 Å². The van der Waals surface area contributed by atoms with Gasteiger partial charge in [0, 0.05) is 0 Å². The Bertz CT molecular complexity index is 330. The topological polar surface area (TPSA) is 0 Å². The van der Waals surface area contributed by atoms with Crippen molar-refractivity contribution >= 4 is 13.3 Å². The van der Waals surface area contributed by atoms with Gasteiger partial charge in [0.05, 0.1) is 0 Å². The number of benzene rings is 1. The van der Waals surface area contributed by atoms with Crippen molar-refractivity contribution in [2.75, 3.05) is 0 Å². The zero-order valence-electron chi connectivity index (χ0n) is 6.12. The molecular formula is C7H2BF5. The van der Waals surface area contributed by atoms with Crippen molar-refractivity contribution in [2.45, 2.75) is 6.18 Å². The van der Waals surface area contributed by atoms with E-state index in [9.17, 15) is 22.0 Å². The van der Waals surface area contributed by atoms with E-state index < -0.39 is 28.8 Å². The molecule has 0 aliphatic rings. The Hall–Kier alpha value is -1.07. The van der Waals surface area contributed by atoms with E-state index in [1.807, 2.05) is 0 Å². The smallest absolute Gasteiger partial charge is 0.207 e. The van der Waals surface area contributed by atoms with E-state index in [0.29, 0.717) is 6.07 Å². The molecule has 0 saturated carbocycles. The molecule has 0 aromatic heterocycles. The van der Waals surface area contributed by atoms with Crippen molar-refractivity contribution in [1.82, 2.24) is 0 Å². The summed E-state index contributed by atoms with van der Waals surface area (Å²) in [6.07, 6.45) is -5.07. The van der Waals surface area contributed by atoms with Crippen LogP contribution in [0.4, 0.5) is 22.0 Å². The predicted octanol–water partition coefficient (Wildman–Crippen LogP) is 1.78. The normalized spacial score (nSPS) is 11.8. The van der Waals surface area contributed by atoms with Crippen LogP contribution in [0.3, 0.4) is 0 Å². The second-order valence-electron chi connectivity index (χ2n) is 2.32. The molecule has 0 N–H and O–H groups in total. The molecule has 0 bridgehead atoms. The fraction of sp³-hybridized carbons (Fsp3) is 0.143. The lowest BCUT2D eigenvalue weighted by Crippen LogP contribution is -2.19. The highest BCUT2D eigenvalue weighted by Gasteiger charge is 2.37. The van der Waals surface area contributed by atoms with Crippen LogP contribution in [0.2, 0.25) is 0 Å². The third kappa shape index (κ3) is 1.81. The fourth-order valence-electron chi connectivity index (χ4n) is 0.828. The number of alkyl halides is 3. The van der Waals surface area contributed by atoms with Crippen LogP contribution < -0.4 is 5.46 Å². The van der Waals surface area contributed by atoms with E-state index in [1.165, 1.54) is 0 Å². The molecule has 0 amide bonds. The highest BCUT2D eigenvalue weighted by atomic mass is 19.4. The van der Waals surface area contributed by atoms with Crippen LogP contribution in [0.1, 0.15) is 5.56 Å². The zero-order chi connectivity index (χ0) is 10.2. The molecule has 0 aliphatic heterocycles. The molecule has 0 heterocycles. The molecular weight excluding hydrogens is 190 g/mol. The van der Waals surface area contributed by atoms with Crippen molar-refractivity contribution < 1.29 is 22.0 Å². The van der Waals surface area contributed by atoms with Gasteiger partial charge in [-0.05, 0) is 6.07 Å². The standard InChI is InChI=1S/C7H2BF5/c8-3-1-2-4(9)5(6(3)10)7(11,12)13/h1-2H. The maximum absolute atomic E-state index is 12.7. The van der Waals surface area contributed by atoms with E-state index in [2.05, 4.69) is 0 Å². The molecule has 0 fully saturated rings. The highest BCUT2D eigenvalue weighted by Crippen LogP contribution is 2.32. The van der Waals surface area contributed by atoms with Crippen molar-refractivity contribution in [2.24, 2.45) is 0 Å². The van der Waals surface area contributed by atoms with Crippen LogP contribution in [0.25, 0.3) is 0 Å². The van der Waals surface area contributed by atoms with Crippen LogP contribution in [0, 0.1) is 11.6 Å². The monoisotopic (exact) mass is 192 g/mol. The summed E-state index contributed by atoms with van der Waals surface area (Å²) < 4.78 is 61.0. The van der Waals surface area contributed by atoms with Crippen molar-refractivity contribution in [3.8, 4) is 0 Å². The average Bonchev–Trinajstić information content (AvgIpc) is 1.95. The molecule has 0 saturated heterocycles. The van der Waals surface area contributed by atoms with Gasteiger partial charge in [-0.2, -0.15) is 13.2 Å². The summed E-state index contributed by atoms with van der Waals surface area (Å²) in [5, 5.41) is 0. The summed E-state index contributed by atoms with van der Waals surface area (Å²) in [5.41, 5.74) is -2.68. The Balaban J connectivity index is 3.43. The Morgan fingerprint density at radius 3 is 2.00 bits per heavy atom. The molecule has 0 unspecified atom stereocenters. The minimum atomic E-state index is -5.07. The van der Waals surface area contributed by atoms with E-state index in [1.54, 1.807) is 0 Å². The first kappa shape index (κ1) is 10.0. The Labute approximate surface area is 71.8 Å². The van der Waals surface area contributed by atoms with Gasteiger partial charge in [-0.15, -0.1) is 0 Å². The largest absolute Gasteiger partial charge is 0.422 e. The van der Waals surface area contributed by atoms with Gasteiger partial charge in [-0.25, -0.2) is 8.78 Å². The first-order valence-electron chi connectivity index (χ1n) is 3.14. The van der Waals surface area contributed by atoms with Crippen LogP contribution in [-0.2, 0) is 6.18 Å². The zero-order valence-corrected chi connectivity index (χ0v) is 6.12. The van der Waals surface area contributed by atoms with Gasteiger partial charge >= 0.3 is 6.18 Å². The number of hydrogen-bond acceptors (Lipinski definition) is 0. The van der Waals surface area contributed by atoms with Gasteiger partial charge in [0.25, 0.3) is 0 Å². The van der Waals surface area contributed by atoms with E-state index in [4.69, 9.17) is 7.85 Å². The van der Waals surface area contributed by atoms with Gasteiger partial charge in [0.2, 0.25) is 0 Å². The quantitative estimate of drug-likeness (QED) is 0.434. The van der Waals surface area contributed by atoms with Gasteiger partial charge < -0.3 is 0 Å². The van der Waals surface area contributed by atoms with Crippen LogP contribution in [-0.4, -0.2) is 7.85 Å². The number of hydrogen-bond donors (Lipinski definition) is 0. The lowest BCUT2D eigenvalue weighted by atomic mass is 9.93. The first-order chi connectivity index (χ1) is 5.84. The molecule has 0 spiro atoms. The predicted molar refractivity (Wildman–Crippen MR) is 36.7 cm³/mol. The molecule has 2 radical (unpaired) electrons. The maximum Gasteiger partial charge on any atom is 0.422 e. The average molecular weight is 192 g/mol. The molecule has 6 heteroatoms. The second kappa shape index (κ2) is 3.01. The van der Waals surface area contributed by atoms with E-state index in [-0.39, 0.29) is 0 Å². The minimum Gasteiger partial charge on any atom is -0.207 e. The Morgan fingerprint density at radius 1 is 1.08 bits per heavy atom. The SMILES string of the molecule is [B]c1ccc(F)c(C(F)(F)F)c1F. The van der Waals surface area contributed by atoms with Gasteiger partial charge in [-0.1, -0.05) is 11.5 Å². The van der Waals surface area contributed by atoms with Crippen molar-refractivity contribution in [3.05, 3.63) is 29.3 Å². The molecule has 1 aromatic carbocycles. The summed E-state index contributed by atoms with van der Waals surface area (Å²) >= 11 is 0. The van der Waals surface area contributed by atoms with Crippen LogP contribution >= 0.6 is 0 Å². The van der Waals surface area contributed by atoms with Crippen molar-refractivity contribution in [1.29, 1.82) is 0 Å². The molecule has 0 aliphatic carbocycles. The summed E-state index contributed by atoms with van der Waals surface area (Å²) in [5.74, 6) is -3.44. The number of halogens is 5. The number of rotatable bonds is 0. The third-order valence-electron chi connectivity index (χ3n) is 1.40. The molecule has 1 aromatic rings. The summed E-state index contributed by atoms with van der Waals surface area (Å²) in [6.45, 7) is 0. The Kier molecular flexibility index (Phi) is 2.32. The Morgan fingerprint density at radius 2 is 1.62 bits per heavy atom. The molecule has 0 nitrogen and oxygen atoms in total. The first-order valence-corrected chi connectivity index (χ1v) is 3.14. The molecule has 1 rings (SSSR count). The summed E-state index contributed by atoms with van der Waals surface area (Å²) in [6, 6.07) is 1.21.